The second-order valence-electron chi connectivity index (χ2n) is 6.15. The number of nitrogens with zero attached hydrogens (tertiary/aromatic N) is 1. The van der Waals surface area contributed by atoms with Crippen LogP contribution >= 0.6 is 0 Å². The molecule has 1 atom stereocenters. The SMILES string of the molecule is Oc1ccc2c(c1)CCC(N1CCCCCCC1)C2. The Morgan fingerprint density at radius 1 is 0.947 bits per heavy atom. The zero-order chi connectivity index (χ0) is 13.1. The summed E-state index contributed by atoms with van der Waals surface area (Å²) < 4.78 is 0. The van der Waals surface area contributed by atoms with Gasteiger partial charge in [0.1, 0.15) is 5.75 Å². The van der Waals surface area contributed by atoms with Gasteiger partial charge >= 0.3 is 0 Å². The third-order valence-corrected chi connectivity index (χ3v) is 4.80. The number of likely N-dealkylation sites (tertiary alicyclic amines) is 1. The van der Waals surface area contributed by atoms with Crippen molar-refractivity contribution in [2.75, 3.05) is 13.1 Å². The molecule has 1 aromatic rings. The van der Waals surface area contributed by atoms with Gasteiger partial charge in [-0.05, 0) is 68.5 Å². The molecule has 2 nitrogen and oxygen atoms in total. The Hall–Kier alpha value is -1.02. The van der Waals surface area contributed by atoms with Crippen molar-refractivity contribution in [1.82, 2.24) is 4.90 Å². The minimum absolute atomic E-state index is 0.420. The van der Waals surface area contributed by atoms with E-state index in [0.717, 1.165) is 12.5 Å². The van der Waals surface area contributed by atoms with E-state index >= 15 is 0 Å². The third-order valence-electron chi connectivity index (χ3n) is 4.80. The van der Waals surface area contributed by atoms with Crippen LogP contribution in [-0.4, -0.2) is 29.1 Å². The lowest BCUT2D eigenvalue weighted by Gasteiger charge is -2.36. The molecule has 0 radical (unpaired) electrons. The molecule has 1 aliphatic carbocycles. The van der Waals surface area contributed by atoms with Crippen LogP contribution in [0.25, 0.3) is 0 Å². The zero-order valence-corrected chi connectivity index (χ0v) is 11.8. The van der Waals surface area contributed by atoms with Crippen LogP contribution in [0.4, 0.5) is 0 Å². The van der Waals surface area contributed by atoms with Crippen LogP contribution in [0.5, 0.6) is 5.75 Å². The fourth-order valence-electron chi connectivity index (χ4n) is 3.67. The molecule has 1 aromatic carbocycles. The molecule has 19 heavy (non-hydrogen) atoms. The molecule has 0 bridgehead atoms. The Labute approximate surface area is 116 Å². The molecule has 1 saturated heterocycles. The van der Waals surface area contributed by atoms with Gasteiger partial charge in [0.2, 0.25) is 0 Å². The molecule has 2 heteroatoms. The van der Waals surface area contributed by atoms with E-state index in [1.807, 2.05) is 12.1 Å². The fourth-order valence-corrected chi connectivity index (χ4v) is 3.67. The zero-order valence-electron chi connectivity index (χ0n) is 11.8. The van der Waals surface area contributed by atoms with Crippen LogP contribution in [0, 0.1) is 0 Å². The standard InChI is InChI=1S/C17H25NO/c19-17-9-7-14-12-16(8-6-15(14)13-17)18-10-4-2-1-3-5-11-18/h7,9,13,16,19H,1-6,8,10-12H2. The summed E-state index contributed by atoms with van der Waals surface area (Å²) in [6, 6.07) is 6.66. The van der Waals surface area contributed by atoms with Gasteiger partial charge in [-0.3, -0.25) is 0 Å². The van der Waals surface area contributed by atoms with E-state index in [1.54, 1.807) is 0 Å². The van der Waals surface area contributed by atoms with Gasteiger partial charge in [0.25, 0.3) is 0 Å². The van der Waals surface area contributed by atoms with Crippen molar-refractivity contribution in [1.29, 1.82) is 0 Å². The number of benzene rings is 1. The molecule has 0 saturated carbocycles. The van der Waals surface area contributed by atoms with Gasteiger partial charge in [-0.15, -0.1) is 0 Å². The number of aromatic hydroxyl groups is 1. The molecule has 1 heterocycles. The van der Waals surface area contributed by atoms with Gasteiger partial charge in [-0.2, -0.15) is 0 Å². The summed E-state index contributed by atoms with van der Waals surface area (Å²) in [5.41, 5.74) is 2.82. The highest BCUT2D eigenvalue weighted by Crippen LogP contribution is 2.28. The van der Waals surface area contributed by atoms with Gasteiger partial charge in [0.15, 0.2) is 0 Å². The molecule has 1 aliphatic heterocycles. The van der Waals surface area contributed by atoms with Crippen molar-refractivity contribution in [2.24, 2.45) is 0 Å². The van der Waals surface area contributed by atoms with Gasteiger partial charge < -0.3 is 10.0 Å². The Balaban J connectivity index is 1.68. The first kappa shape index (κ1) is 13.0. The minimum atomic E-state index is 0.420. The summed E-state index contributed by atoms with van der Waals surface area (Å²) in [5.74, 6) is 0.420. The number of phenolic OH excluding ortho intramolecular Hbond substituents is 1. The number of rotatable bonds is 1. The number of hydrogen-bond acceptors (Lipinski definition) is 2. The van der Waals surface area contributed by atoms with Crippen molar-refractivity contribution >= 4 is 0 Å². The quantitative estimate of drug-likeness (QED) is 0.834. The number of phenols is 1. The highest BCUT2D eigenvalue weighted by atomic mass is 16.3. The van der Waals surface area contributed by atoms with Crippen LogP contribution in [0.2, 0.25) is 0 Å². The molecular weight excluding hydrogens is 234 g/mol. The first-order valence-electron chi connectivity index (χ1n) is 7.88. The van der Waals surface area contributed by atoms with Crippen LogP contribution in [0.3, 0.4) is 0 Å². The van der Waals surface area contributed by atoms with E-state index in [-0.39, 0.29) is 0 Å². The minimum Gasteiger partial charge on any atom is -0.508 e. The molecule has 104 valence electrons. The molecule has 0 spiro atoms. The van der Waals surface area contributed by atoms with Crippen molar-refractivity contribution in [2.45, 2.75) is 57.4 Å². The monoisotopic (exact) mass is 259 g/mol. The van der Waals surface area contributed by atoms with Gasteiger partial charge in [-0.1, -0.05) is 25.3 Å². The van der Waals surface area contributed by atoms with Crippen LogP contribution in [0.15, 0.2) is 18.2 Å². The largest absolute Gasteiger partial charge is 0.508 e. The van der Waals surface area contributed by atoms with Gasteiger partial charge in [-0.25, -0.2) is 0 Å². The molecule has 0 aromatic heterocycles. The van der Waals surface area contributed by atoms with Crippen LogP contribution < -0.4 is 0 Å². The predicted molar refractivity (Wildman–Crippen MR) is 78.6 cm³/mol. The summed E-state index contributed by atoms with van der Waals surface area (Å²) >= 11 is 0. The molecule has 3 rings (SSSR count). The first-order chi connectivity index (χ1) is 9.33. The number of fused-ring (bicyclic) bond motifs is 1. The topological polar surface area (TPSA) is 23.5 Å². The van der Waals surface area contributed by atoms with Crippen molar-refractivity contribution in [3.05, 3.63) is 29.3 Å². The molecule has 1 fully saturated rings. The highest BCUT2D eigenvalue weighted by Gasteiger charge is 2.24. The van der Waals surface area contributed by atoms with Crippen molar-refractivity contribution < 1.29 is 5.11 Å². The van der Waals surface area contributed by atoms with E-state index in [4.69, 9.17) is 0 Å². The Bertz CT molecular complexity index is 421. The fraction of sp³-hybridized carbons (Fsp3) is 0.647. The summed E-state index contributed by atoms with van der Waals surface area (Å²) in [7, 11) is 0. The van der Waals surface area contributed by atoms with Crippen LogP contribution in [-0.2, 0) is 12.8 Å². The first-order valence-corrected chi connectivity index (χ1v) is 7.88. The molecule has 0 amide bonds. The summed E-state index contributed by atoms with van der Waals surface area (Å²) in [5, 5.41) is 9.56. The van der Waals surface area contributed by atoms with Crippen LogP contribution in [0.1, 0.15) is 49.7 Å². The summed E-state index contributed by atoms with van der Waals surface area (Å²) in [6.07, 6.45) is 10.6. The third kappa shape index (κ3) is 3.11. The van der Waals surface area contributed by atoms with E-state index in [9.17, 15) is 5.11 Å². The Morgan fingerprint density at radius 3 is 2.47 bits per heavy atom. The molecule has 2 aliphatic rings. The van der Waals surface area contributed by atoms with Crippen molar-refractivity contribution in [3.8, 4) is 5.75 Å². The lowest BCUT2D eigenvalue weighted by molar-refractivity contribution is 0.164. The molecule has 1 N–H and O–H groups in total. The maximum Gasteiger partial charge on any atom is 0.115 e. The smallest absolute Gasteiger partial charge is 0.115 e. The average Bonchev–Trinajstić information content (AvgIpc) is 2.38. The average molecular weight is 259 g/mol. The second-order valence-corrected chi connectivity index (χ2v) is 6.15. The summed E-state index contributed by atoms with van der Waals surface area (Å²) in [6.45, 7) is 2.58. The maximum atomic E-state index is 9.56. The highest BCUT2D eigenvalue weighted by molar-refractivity contribution is 5.37. The van der Waals surface area contributed by atoms with E-state index in [2.05, 4.69) is 11.0 Å². The Kier molecular flexibility index (Phi) is 4.07. The van der Waals surface area contributed by atoms with E-state index in [1.165, 1.54) is 69.2 Å². The van der Waals surface area contributed by atoms with Crippen molar-refractivity contribution in [3.63, 3.8) is 0 Å². The van der Waals surface area contributed by atoms with E-state index < -0.39 is 0 Å². The van der Waals surface area contributed by atoms with Gasteiger partial charge in [0.05, 0.1) is 0 Å². The Morgan fingerprint density at radius 2 is 1.68 bits per heavy atom. The molecular formula is C17H25NO. The lowest BCUT2D eigenvalue weighted by Crippen LogP contribution is -2.41. The van der Waals surface area contributed by atoms with Gasteiger partial charge in [0, 0.05) is 6.04 Å². The second kappa shape index (κ2) is 5.96. The predicted octanol–water partition coefficient (Wildman–Crippen LogP) is 3.52. The normalized spacial score (nSPS) is 25.4. The van der Waals surface area contributed by atoms with E-state index in [0.29, 0.717) is 5.75 Å². The lowest BCUT2D eigenvalue weighted by atomic mass is 9.87. The summed E-state index contributed by atoms with van der Waals surface area (Å²) in [4.78, 5) is 2.73. The number of aryl methyl sites for hydroxylation is 1. The maximum absolute atomic E-state index is 9.56. The number of hydrogen-bond donors (Lipinski definition) is 1. The molecule has 1 unspecified atom stereocenters.